The third kappa shape index (κ3) is 4.41. The lowest BCUT2D eigenvalue weighted by Crippen LogP contribution is -2.30. The SMILES string of the molecule is C=CCCC(C(=O)C(C)C)C(=O)C(C)C. The molecular formula is C13H22O2. The van der Waals surface area contributed by atoms with Crippen molar-refractivity contribution in [2.24, 2.45) is 17.8 Å². The van der Waals surface area contributed by atoms with Crippen LogP contribution in [0.5, 0.6) is 0 Å². The number of rotatable bonds is 7. The van der Waals surface area contributed by atoms with Crippen LogP contribution in [0.3, 0.4) is 0 Å². The van der Waals surface area contributed by atoms with Crippen LogP contribution in [0.25, 0.3) is 0 Å². The van der Waals surface area contributed by atoms with Crippen molar-refractivity contribution in [3.8, 4) is 0 Å². The molecule has 0 aliphatic heterocycles. The highest BCUT2D eigenvalue weighted by Gasteiger charge is 2.28. The van der Waals surface area contributed by atoms with E-state index in [1.807, 2.05) is 27.7 Å². The van der Waals surface area contributed by atoms with Gasteiger partial charge in [-0.05, 0) is 12.8 Å². The zero-order valence-corrected chi connectivity index (χ0v) is 10.2. The number of hydrogen-bond donors (Lipinski definition) is 0. The molecule has 0 aromatic carbocycles. The minimum Gasteiger partial charge on any atom is -0.299 e. The number of hydrogen-bond acceptors (Lipinski definition) is 2. The molecule has 0 aromatic heterocycles. The molecule has 0 amide bonds. The van der Waals surface area contributed by atoms with Crippen LogP contribution in [0.2, 0.25) is 0 Å². The maximum atomic E-state index is 11.8. The van der Waals surface area contributed by atoms with E-state index in [1.54, 1.807) is 6.08 Å². The van der Waals surface area contributed by atoms with Gasteiger partial charge in [-0.3, -0.25) is 9.59 Å². The Morgan fingerprint density at radius 1 is 1.07 bits per heavy atom. The van der Waals surface area contributed by atoms with Crippen LogP contribution in [0.4, 0.5) is 0 Å². The molecule has 0 saturated carbocycles. The molecular weight excluding hydrogens is 188 g/mol. The van der Waals surface area contributed by atoms with E-state index in [4.69, 9.17) is 0 Å². The first kappa shape index (κ1) is 14.1. The summed E-state index contributed by atoms with van der Waals surface area (Å²) in [5.41, 5.74) is 0. The summed E-state index contributed by atoms with van der Waals surface area (Å²) < 4.78 is 0. The van der Waals surface area contributed by atoms with Crippen molar-refractivity contribution in [2.75, 3.05) is 0 Å². The first-order chi connectivity index (χ1) is 6.91. The molecule has 0 rings (SSSR count). The van der Waals surface area contributed by atoms with E-state index in [2.05, 4.69) is 6.58 Å². The first-order valence-corrected chi connectivity index (χ1v) is 5.60. The molecule has 86 valence electrons. The summed E-state index contributed by atoms with van der Waals surface area (Å²) in [6.45, 7) is 11.0. The van der Waals surface area contributed by atoms with Crippen molar-refractivity contribution in [3.63, 3.8) is 0 Å². The van der Waals surface area contributed by atoms with Gasteiger partial charge in [-0.1, -0.05) is 33.8 Å². The van der Waals surface area contributed by atoms with Gasteiger partial charge in [-0.15, -0.1) is 6.58 Å². The molecule has 0 atom stereocenters. The van der Waals surface area contributed by atoms with Crippen LogP contribution in [0.1, 0.15) is 40.5 Å². The zero-order chi connectivity index (χ0) is 12.0. The van der Waals surface area contributed by atoms with Crippen LogP contribution < -0.4 is 0 Å². The Bertz CT molecular complexity index is 219. The van der Waals surface area contributed by atoms with Crippen molar-refractivity contribution in [2.45, 2.75) is 40.5 Å². The van der Waals surface area contributed by atoms with E-state index >= 15 is 0 Å². The van der Waals surface area contributed by atoms with Crippen LogP contribution in [0, 0.1) is 17.8 Å². The van der Waals surface area contributed by atoms with Crippen LogP contribution in [-0.2, 0) is 9.59 Å². The highest BCUT2D eigenvalue weighted by atomic mass is 16.2. The lowest BCUT2D eigenvalue weighted by molar-refractivity contribution is -0.136. The Hall–Kier alpha value is -0.920. The van der Waals surface area contributed by atoms with Gasteiger partial charge in [0.05, 0.1) is 5.92 Å². The predicted octanol–water partition coefficient (Wildman–Crippen LogP) is 3.02. The largest absolute Gasteiger partial charge is 0.299 e. The molecule has 15 heavy (non-hydrogen) atoms. The predicted molar refractivity (Wildman–Crippen MR) is 62.6 cm³/mol. The van der Waals surface area contributed by atoms with Gasteiger partial charge in [-0.2, -0.15) is 0 Å². The third-order valence-corrected chi connectivity index (χ3v) is 2.48. The van der Waals surface area contributed by atoms with Gasteiger partial charge in [0.15, 0.2) is 0 Å². The van der Waals surface area contributed by atoms with Crippen LogP contribution >= 0.6 is 0 Å². The van der Waals surface area contributed by atoms with Crippen molar-refractivity contribution >= 4 is 11.6 Å². The van der Waals surface area contributed by atoms with E-state index in [0.717, 1.165) is 6.42 Å². The summed E-state index contributed by atoms with van der Waals surface area (Å²) in [4.78, 5) is 23.7. The highest BCUT2D eigenvalue weighted by molar-refractivity contribution is 6.03. The topological polar surface area (TPSA) is 34.1 Å². The normalized spacial score (nSPS) is 11.1. The molecule has 2 heteroatoms. The smallest absolute Gasteiger partial charge is 0.145 e. The lowest BCUT2D eigenvalue weighted by Gasteiger charge is -2.18. The lowest BCUT2D eigenvalue weighted by atomic mass is 9.84. The standard InChI is InChI=1S/C13H22O2/c1-6-7-8-11(12(14)9(2)3)13(15)10(4)5/h6,9-11H,1,7-8H2,2-5H3. The second-order valence-corrected chi connectivity index (χ2v) is 4.53. The number of allylic oxidation sites excluding steroid dienone is 1. The fourth-order valence-electron chi connectivity index (χ4n) is 1.51. The maximum Gasteiger partial charge on any atom is 0.145 e. The number of carbonyl (C=O) groups excluding carboxylic acids is 2. The quantitative estimate of drug-likeness (QED) is 0.478. The number of ketones is 2. The molecule has 0 unspecified atom stereocenters. The number of Topliss-reactive ketones (excluding diaryl/α,β-unsaturated/α-hetero) is 2. The molecule has 0 heterocycles. The van der Waals surface area contributed by atoms with Crippen molar-refractivity contribution in [1.82, 2.24) is 0 Å². The van der Waals surface area contributed by atoms with E-state index in [9.17, 15) is 9.59 Å². The zero-order valence-electron chi connectivity index (χ0n) is 10.2. The van der Waals surface area contributed by atoms with E-state index < -0.39 is 5.92 Å². The average molecular weight is 210 g/mol. The second-order valence-electron chi connectivity index (χ2n) is 4.53. The maximum absolute atomic E-state index is 11.8. The summed E-state index contributed by atoms with van der Waals surface area (Å²) in [5.74, 6) is -0.431. The van der Waals surface area contributed by atoms with Crippen LogP contribution in [-0.4, -0.2) is 11.6 Å². The van der Waals surface area contributed by atoms with Gasteiger partial charge < -0.3 is 0 Å². The van der Waals surface area contributed by atoms with E-state index in [-0.39, 0.29) is 23.4 Å². The fraction of sp³-hybridized carbons (Fsp3) is 0.692. The molecule has 0 spiro atoms. The molecule has 0 aliphatic carbocycles. The molecule has 0 N–H and O–H groups in total. The van der Waals surface area contributed by atoms with Gasteiger partial charge in [-0.25, -0.2) is 0 Å². The van der Waals surface area contributed by atoms with E-state index in [1.165, 1.54) is 0 Å². The average Bonchev–Trinajstić information content (AvgIpc) is 2.17. The summed E-state index contributed by atoms with van der Waals surface area (Å²) in [6.07, 6.45) is 3.09. The van der Waals surface area contributed by atoms with Gasteiger partial charge in [0.25, 0.3) is 0 Å². The van der Waals surface area contributed by atoms with Crippen molar-refractivity contribution in [1.29, 1.82) is 0 Å². The molecule has 0 radical (unpaired) electrons. The molecule has 2 nitrogen and oxygen atoms in total. The monoisotopic (exact) mass is 210 g/mol. The molecule has 0 aromatic rings. The Balaban J connectivity index is 4.64. The molecule has 0 bridgehead atoms. The second kappa shape index (κ2) is 6.54. The van der Waals surface area contributed by atoms with Crippen LogP contribution in [0.15, 0.2) is 12.7 Å². The summed E-state index contributed by atoms with van der Waals surface area (Å²) in [7, 11) is 0. The van der Waals surface area contributed by atoms with Gasteiger partial charge >= 0.3 is 0 Å². The summed E-state index contributed by atoms with van der Waals surface area (Å²) >= 11 is 0. The Morgan fingerprint density at radius 3 is 1.73 bits per heavy atom. The molecule has 0 aliphatic rings. The first-order valence-electron chi connectivity index (χ1n) is 5.60. The molecule has 0 fully saturated rings. The minimum atomic E-state index is -0.428. The highest BCUT2D eigenvalue weighted by Crippen LogP contribution is 2.18. The Labute approximate surface area is 92.8 Å². The third-order valence-electron chi connectivity index (χ3n) is 2.48. The number of carbonyl (C=O) groups is 2. The van der Waals surface area contributed by atoms with Crippen molar-refractivity contribution < 1.29 is 9.59 Å². The van der Waals surface area contributed by atoms with E-state index in [0.29, 0.717) is 6.42 Å². The van der Waals surface area contributed by atoms with Crippen molar-refractivity contribution in [3.05, 3.63) is 12.7 Å². The molecule has 0 saturated heterocycles. The van der Waals surface area contributed by atoms with Gasteiger partial charge in [0, 0.05) is 11.8 Å². The Morgan fingerprint density at radius 2 is 1.47 bits per heavy atom. The summed E-state index contributed by atoms with van der Waals surface area (Å²) in [6, 6.07) is 0. The minimum absolute atomic E-state index is 0.0653. The fourth-order valence-corrected chi connectivity index (χ4v) is 1.51. The summed E-state index contributed by atoms with van der Waals surface area (Å²) in [5, 5.41) is 0. The Kier molecular flexibility index (Phi) is 6.14. The van der Waals surface area contributed by atoms with Gasteiger partial charge in [0.2, 0.25) is 0 Å². The van der Waals surface area contributed by atoms with Gasteiger partial charge in [0.1, 0.15) is 11.6 Å².